The lowest BCUT2D eigenvalue weighted by Crippen LogP contribution is -2.35. The second-order valence-corrected chi connectivity index (χ2v) is 30.5. The highest BCUT2D eigenvalue weighted by atomic mass is 28.3. The van der Waals surface area contributed by atoms with Gasteiger partial charge in [-0.2, -0.15) is 0 Å². The molecule has 7 nitrogen and oxygen atoms in total. The number of rotatable bonds is 35. The first-order valence-electron chi connectivity index (χ1n) is 22.9. The normalized spacial score (nSPS) is 24.6. The fourth-order valence-electron chi connectivity index (χ4n) is 7.86. The molecule has 3 fully saturated rings. The van der Waals surface area contributed by atoms with E-state index in [-0.39, 0.29) is 36.6 Å². The Morgan fingerprint density at radius 3 is 1.32 bits per heavy atom. The third-order valence-electron chi connectivity index (χ3n) is 11.6. The second kappa shape index (κ2) is 27.7. The van der Waals surface area contributed by atoms with E-state index in [1.165, 1.54) is 121 Å². The van der Waals surface area contributed by atoms with Crippen LogP contribution in [0.5, 0.6) is 0 Å². The van der Waals surface area contributed by atoms with Crippen molar-refractivity contribution in [1.29, 1.82) is 0 Å². The van der Waals surface area contributed by atoms with Crippen molar-refractivity contribution in [3.8, 4) is 0 Å². The Morgan fingerprint density at radius 1 is 0.528 bits per heavy atom. The van der Waals surface area contributed by atoms with Crippen molar-refractivity contribution in [2.45, 2.75) is 249 Å². The van der Waals surface area contributed by atoms with Gasteiger partial charge in [-0.1, -0.05) is 149 Å². The lowest BCUT2D eigenvalue weighted by Gasteiger charge is -2.28. The molecule has 3 aliphatic heterocycles. The van der Waals surface area contributed by atoms with Gasteiger partial charge in [0.05, 0.1) is 49.3 Å². The van der Waals surface area contributed by atoms with Crippen LogP contribution in [-0.4, -0.2) is 92.3 Å². The summed E-state index contributed by atoms with van der Waals surface area (Å²) in [6.07, 6.45) is 30.1. The zero-order chi connectivity index (χ0) is 38.2. The van der Waals surface area contributed by atoms with E-state index < -0.39 is 16.1 Å². The molecule has 0 unspecified atom stereocenters. The molecule has 3 heterocycles. The van der Waals surface area contributed by atoms with Crippen LogP contribution in [0.25, 0.3) is 0 Å². The zero-order valence-electron chi connectivity index (χ0n) is 36.1. The molecule has 314 valence electrons. The number of hydrogen-bond donors (Lipinski definition) is 0. The quantitative estimate of drug-likeness (QED) is 0.0274. The van der Waals surface area contributed by atoms with Crippen LogP contribution < -0.4 is 0 Å². The first-order chi connectivity index (χ1) is 25.5. The molecule has 9 heteroatoms. The fourth-order valence-corrected chi connectivity index (χ4v) is 9.38. The summed E-state index contributed by atoms with van der Waals surface area (Å²) in [6, 6.07) is 2.35. The van der Waals surface area contributed by atoms with Crippen molar-refractivity contribution in [3.05, 3.63) is 0 Å². The van der Waals surface area contributed by atoms with E-state index in [1.807, 2.05) is 0 Å². The van der Waals surface area contributed by atoms with Crippen LogP contribution in [-0.2, 0) is 33.2 Å². The van der Waals surface area contributed by atoms with Crippen LogP contribution in [0.1, 0.15) is 155 Å². The van der Waals surface area contributed by atoms with Crippen LogP contribution in [0.2, 0.25) is 51.4 Å². The molecular formula is C44H88O7Si2. The molecule has 3 saturated heterocycles. The van der Waals surface area contributed by atoms with Crippen LogP contribution in [0.4, 0.5) is 0 Å². The summed E-state index contributed by atoms with van der Waals surface area (Å²) in [7, 11) is -2.24. The van der Waals surface area contributed by atoms with Gasteiger partial charge in [0.15, 0.2) is 0 Å². The van der Waals surface area contributed by atoms with Gasteiger partial charge in [-0.25, -0.2) is 0 Å². The topological polar surface area (TPSA) is 67.9 Å². The van der Waals surface area contributed by atoms with Gasteiger partial charge in [0, 0.05) is 29.4 Å². The maximum Gasteiger partial charge on any atom is 0.147 e. The van der Waals surface area contributed by atoms with E-state index in [0.717, 1.165) is 58.3 Å². The maximum absolute atomic E-state index is 6.83. The monoisotopic (exact) mass is 785 g/mol. The van der Waals surface area contributed by atoms with Gasteiger partial charge in [0.2, 0.25) is 0 Å². The highest BCUT2D eigenvalue weighted by molar-refractivity contribution is 6.76. The Labute approximate surface area is 330 Å². The Bertz CT molecular complexity index is 877. The number of ether oxygens (including phenoxy) is 7. The smallest absolute Gasteiger partial charge is 0.147 e. The Hall–Kier alpha value is 0.154. The molecule has 53 heavy (non-hydrogen) atoms. The summed E-state index contributed by atoms with van der Waals surface area (Å²) in [5.41, 5.74) is 0. The molecule has 3 aliphatic rings. The van der Waals surface area contributed by atoms with E-state index in [9.17, 15) is 0 Å². The average Bonchev–Trinajstić information content (AvgIpc) is 3.57. The molecule has 0 amide bonds. The summed E-state index contributed by atoms with van der Waals surface area (Å²) >= 11 is 0. The molecule has 0 aliphatic carbocycles. The van der Waals surface area contributed by atoms with Crippen molar-refractivity contribution in [3.63, 3.8) is 0 Å². The van der Waals surface area contributed by atoms with Crippen molar-refractivity contribution in [2.24, 2.45) is 0 Å². The van der Waals surface area contributed by atoms with Crippen LogP contribution in [0.3, 0.4) is 0 Å². The van der Waals surface area contributed by atoms with Crippen molar-refractivity contribution >= 4 is 16.1 Å². The van der Waals surface area contributed by atoms with E-state index in [2.05, 4.69) is 46.2 Å². The first-order valence-corrected chi connectivity index (χ1v) is 30.3. The lowest BCUT2D eigenvalue weighted by molar-refractivity contribution is -0.162. The molecule has 0 aromatic carbocycles. The highest BCUT2D eigenvalue weighted by Crippen LogP contribution is 2.36. The third-order valence-corrected chi connectivity index (χ3v) is 15.1. The predicted octanol–water partition coefficient (Wildman–Crippen LogP) is 12.3. The molecule has 0 aromatic rings. The van der Waals surface area contributed by atoms with E-state index in [0.29, 0.717) is 19.7 Å². The first kappa shape index (κ1) is 47.5. The molecule has 0 saturated carbocycles. The maximum atomic E-state index is 6.83. The van der Waals surface area contributed by atoms with Gasteiger partial charge in [-0.3, -0.25) is 0 Å². The molecular weight excluding hydrogens is 697 g/mol. The van der Waals surface area contributed by atoms with Crippen molar-refractivity contribution in [2.75, 3.05) is 33.4 Å². The van der Waals surface area contributed by atoms with Gasteiger partial charge < -0.3 is 33.2 Å². The van der Waals surface area contributed by atoms with Gasteiger partial charge in [0.25, 0.3) is 0 Å². The summed E-state index contributed by atoms with van der Waals surface area (Å²) in [5.74, 6) is 0. The summed E-state index contributed by atoms with van der Waals surface area (Å²) in [4.78, 5) is 0. The van der Waals surface area contributed by atoms with Gasteiger partial charge in [-0.05, 0) is 57.0 Å². The largest absolute Gasteiger partial charge is 0.373 e. The highest BCUT2D eigenvalue weighted by Gasteiger charge is 2.42. The van der Waals surface area contributed by atoms with Crippen LogP contribution in [0, 0.1) is 0 Å². The average molecular weight is 785 g/mol. The Morgan fingerprint density at radius 2 is 0.925 bits per heavy atom. The molecule has 0 bridgehead atoms. The van der Waals surface area contributed by atoms with E-state index in [1.54, 1.807) is 0 Å². The Kier molecular flexibility index (Phi) is 24.9. The van der Waals surface area contributed by atoms with Crippen LogP contribution in [0.15, 0.2) is 0 Å². The van der Waals surface area contributed by atoms with Gasteiger partial charge in [0.1, 0.15) is 13.6 Å². The van der Waals surface area contributed by atoms with Gasteiger partial charge in [-0.15, -0.1) is 0 Å². The van der Waals surface area contributed by atoms with Crippen molar-refractivity contribution < 1.29 is 33.2 Å². The van der Waals surface area contributed by atoms with Crippen LogP contribution >= 0.6 is 0 Å². The molecule has 7 atom stereocenters. The lowest BCUT2D eigenvalue weighted by atomic mass is 10.00. The second-order valence-electron chi connectivity index (χ2n) is 19.3. The number of hydrogen-bond acceptors (Lipinski definition) is 7. The molecule has 0 aromatic heterocycles. The number of unbranched alkanes of at least 4 members (excludes halogenated alkanes) is 14. The van der Waals surface area contributed by atoms with E-state index >= 15 is 0 Å². The minimum Gasteiger partial charge on any atom is -0.373 e. The Balaban J connectivity index is 1.42. The molecule has 0 N–H and O–H groups in total. The number of epoxide rings is 1. The SMILES string of the molecule is CCCCCCCCCC[C@@H](OCOCC[Si](C)(C)C)[C@H]1CC[C@H]([C@H]2CC[C@H]([C@@H](CCCCCCCCCC[C@@H]3CO3)OCOCC[Si](C)(C)C)O2)O1. The fraction of sp³-hybridized carbons (Fsp3) is 1.00. The van der Waals surface area contributed by atoms with Crippen molar-refractivity contribution in [1.82, 2.24) is 0 Å². The summed E-state index contributed by atoms with van der Waals surface area (Å²) in [6.45, 7) is 20.1. The van der Waals surface area contributed by atoms with Gasteiger partial charge >= 0.3 is 0 Å². The summed E-state index contributed by atoms with van der Waals surface area (Å²) < 4.78 is 43.9. The standard InChI is InChI=1S/C44H88O7Si2/c1-8-9-10-11-12-16-19-22-25-39(48-36-45-31-33-52(2,3)4)41-27-29-43(50-41)44-30-28-42(51-44)40(49-37-46-32-34-53(5,6)7)26-23-20-17-14-13-15-18-21-24-38-35-47-38/h38-44H,8-37H2,1-7H3/t38-,39-,40-,41-,42-,43-,44-/m1/s1. The predicted molar refractivity (Wildman–Crippen MR) is 227 cm³/mol. The summed E-state index contributed by atoms with van der Waals surface area (Å²) in [5, 5.41) is 0. The molecule has 0 radical (unpaired) electrons. The van der Waals surface area contributed by atoms with E-state index in [4.69, 9.17) is 33.2 Å². The third kappa shape index (κ3) is 23.9. The minimum absolute atomic E-state index is 0.0973. The molecule has 0 spiro atoms. The zero-order valence-corrected chi connectivity index (χ0v) is 38.1. The molecule has 3 rings (SSSR count). The minimum atomic E-state index is -1.12.